The molecule has 4 heterocycles. The minimum atomic E-state index is 0.367. The maximum absolute atomic E-state index is 6.12. The van der Waals surface area contributed by atoms with E-state index in [-0.39, 0.29) is 0 Å². The van der Waals surface area contributed by atoms with E-state index in [4.69, 9.17) is 9.15 Å². The van der Waals surface area contributed by atoms with E-state index in [0.717, 1.165) is 38.4 Å². The summed E-state index contributed by atoms with van der Waals surface area (Å²) in [5.41, 5.74) is 2.40. The van der Waals surface area contributed by atoms with E-state index >= 15 is 0 Å². The predicted octanol–water partition coefficient (Wildman–Crippen LogP) is 3.12. The molecule has 0 aliphatic carbocycles. The molecule has 0 spiro atoms. The van der Waals surface area contributed by atoms with Crippen molar-refractivity contribution in [2.45, 2.75) is 32.4 Å². The van der Waals surface area contributed by atoms with Gasteiger partial charge in [-0.25, -0.2) is 4.98 Å². The number of furan rings is 1. The number of ether oxygens (including phenoxy) is 1. The second kappa shape index (κ2) is 6.14. The van der Waals surface area contributed by atoms with Crippen LogP contribution in [0.4, 0.5) is 0 Å². The largest absolute Gasteiger partial charge is 0.472 e. The van der Waals surface area contributed by atoms with Gasteiger partial charge in [-0.15, -0.1) is 11.3 Å². The smallest absolute Gasteiger partial charge is 0.0954 e. The van der Waals surface area contributed by atoms with Crippen LogP contribution in [0.15, 0.2) is 28.4 Å². The van der Waals surface area contributed by atoms with Gasteiger partial charge in [0, 0.05) is 42.1 Å². The standard InChI is InChI=1S/C17H22N2O2S/c1-12-11-22-17(18-12)6-16-15-2-4-19(8-14(15)10-21-16)7-13-3-5-20-9-13/h3,5,9,11,14-16H,2,4,6-8,10H2,1H3/t14-,15-,16-/m0/s1. The number of hydrogen-bond acceptors (Lipinski definition) is 5. The minimum absolute atomic E-state index is 0.367. The van der Waals surface area contributed by atoms with Crippen molar-refractivity contribution in [1.82, 2.24) is 9.88 Å². The maximum atomic E-state index is 6.12. The van der Waals surface area contributed by atoms with E-state index in [1.807, 2.05) is 6.26 Å². The molecule has 5 heteroatoms. The van der Waals surface area contributed by atoms with Gasteiger partial charge in [-0.2, -0.15) is 0 Å². The third-order valence-corrected chi connectivity index (χ3v) is 5.90. The van der Waals surface area contributed by atoms with Crippen molar-refractivity contribution in [3.8, 4) is 0 Å². The summed E-state index contributed by atoms with van der Waals surface area (Å²) in [6.45, 7) is 6.26. The molecule has 0 radical (unpaired) electrons. The summed E-state index contributed by atoms with van der Waals surface area (Å²) in [7, 11) is 0. The van der Waals surface area contributed by atoms with Crippen LogP contribution < -0.4 is 0 Å². The fourth-order valence-electron chi connectivity index (χ4n) is 3.83. The molecular formula is C17H22N2O2S. The molecule has 118 valence electrons. The molecular weight excluding hydrogens is 296 g/mol. The van der Waals surface area contributed by atoms with E-state index in [9.17, 15) is 0 Å². The van der Waals surface area contributed by atoms with Gasteiger partial charge in [-0.05, 0) is 31.9 Å². The Hall–Kier alpha value is -1.17. The first-order valence-electron chi connectivity index (χ1n) is 8.04. The van der Waals surface area contributed by atoms with Crippen LogP contribution >= 0.6 is 11.3 Å². The highest BCUT2D eigenvalue weighted by molar-refractivity contribution is 7.09. The highest BCUT2D eigenvalue weighted by Crippen LogP contribution is 2.36. The lowest BCUT2D eigenvalue weighted by Crippen LogP contribution is -2.41. The van der Waals surface area contributed by atoms with Crippen LogP contribution in [0.3, 0.4) is 0 Å². The highest BCUT2D eigenvalue weighted by atomic mass is 32.1. The van der Waals surface area contributed by atoms with Crippen LogP contribution in [0.25, 0.3) is 0 Å². The van der Waals surface area contributed by atoms with Crippen LogP contribution in [0.1, 0.15) is 22.7 Å². The molecule has 0 amide bonds. The van der Waals surface area contributed by atoms with E-state index in [1.54, 1.807) is 17.6 Å². The lowest BCUT2D eigenvalue weighted by molar-refractivity contribution is 0.0849. The number of aryl methyl sites for hydroxylation is 1. The summed E-state index contributed by atoms with van der Waals surface area (Å²) < 4.78 is 11.3. The van der Waals surface area contributed by atoms with Crippen LogP contribution in [0.5, 0.6) is 0 Å². The summed E-state index contributed by atoms with van der Waals surface area (Å²) in [5, 5.41) is 3.36. The molecule has 22 heavy (non-hydrogen) atoms. The lowest BCUT2D eigenvalue weighted by atomic mass is 9.83. The highest BCUT2D eigenvalue weighted by Gasteiger charge is 2.40. The average Bonchev–Trinajstić information content (AvgIpc) is 3.23. The first kappa shape index (κ1) is 14.4. The molecule has 2 aromatic heterocycles. The SMILES string of the molecule is Cc1csc(C[C@@H]2OC[C@@H]3CN(Cc4ccoc4)CC[C@@H]32)n1. The Morgan fingerprint density at radius 1 is 1.45 bits per heavy atom. The Bertz CT molecular complexity index is 610. The number of likely N-dealkylation sites (tertiary alicyclic amines) is 1. The number of rotatable bonds is 4. The number of piperidine rings is 1. The van der Waals surface area contributed by atoms with Crippen LogP contribution in [-0.4, -0.2) is 35.7 Å². The molecule has 2 saturated heterocycles. The first-order valence-corrected chi connectivity index (χ1v) is 8.92. The Labute approximate surface area is 135 Å². The van der Waals surface area contributed by atoms with Gasteiger partial charge in [0.25, 0.3) is 0 Å². The molecule has 2 aliphatic heterocycles. The van der Waals surface area contributed by atoms with Gasteiger partial charge >= 0.3 is 0 Å². The van der Waals surface area contributed by atoms with Crippen molar-refractivity contribution in [3.05, 3.63) is 40.2 Å². The molecule has 0 bridgehead atoms. The Balaban J connectivity index is 1.35. The zero-order valence-electron chi connectivity index (χ0n) is 12.9. The van der Waals surface area contributed by atoms with Crippen molar-refractivity contribution in [3.63, 3.8) is 0 Å². The summed E-state index contributed by atoms with van der Waals surface area (Å²) in [6, 6.07) is 2.06. The first-order chi connectivity index (χ1) is 10.8. The van der Waals surface area contributed by atoms with Crippen LogP contribution in [0.2, 0.25) is 0 Å². The average molecular weight is 318 g/mol. The normalized spacial score (nSPS) is 28.9. The summed E-state index contributed by atoms with van der Waals surface area (Å²) >= 11 is 1.77. The van der Waals surface area contributed by atoms with E-state index in [2.05, 4.69) is 28.3 Å². The van der Waals surface area contributed by atoms with E-state index < -0.39 is 0 Å². The second-order valence-electron chi connectivity index (χ2n) is 6.54. The molecule has 2 fully saturated rings. The summed E-state index contributed by atoms with van der Waals surface area (Å²) in [4.78, 5) is 7.13. The molecule has 3 atom stereocenters. The molecule has 0 N–H and O–H groups in total. The van der Waals surface area contributed by atoms with Crippen molar-refractivity contribution >= 4 is 11.3 Å². The summed E-state index contributed by atoms with van der Waals surface area (Å²) in [6.07, 6.45) is 6.20. The molecule has 2 aromatic rings. The van der Waals surface area contributed by atoms with Gasteiger partial charge in [0.2, 0.25) is 0 Å². The van der Waals surface area contributed by atoms with Gasteiger partial charge in [-0.1, -0.05) is 0 Å². The summed E-state index contributed by atoms with van der Waals surface area (Å²) in [5.74, 6) is 1.37. The molecule has 0 saturated carbocycles. The topological polar surface area (TPSA) is 38.5 Å². The van der Waals surface area contributed by atoms with E-state index in [1.165, 1.54) is 17.0 Å². The fraction of sp³-hybridized carbons (Fsp3) is 0.588. The van der Waals surface area contributed by atoms with Crippen LogP contribution in [0, 0.1) is 18.8 Å². The number of fused-ring (bicyclic) bond motifs is 1. The van der Waals surface area contributed by atoms with Crippen LogP contribution in [-0.2, 0) is 17.7 Å². The number of hydrogen-bond donors (Lipinski definition) is 0. The van der Waals surface area contributed by atoms with Gasteiger partial charge < -0.3 is 9.15 Å². The molecule has 4 nitrogen and oxygen atoms in total. The number of nitrogens with zero attached hydrogens (tertiary/aromatic N) is 2. The quantitative estimate of drug-likeness (QED) is 0.868. The van der Waals surface area contributed by atoms with Crippen molar-refractivity contribution in [2.75, 3.05) is 19.7 Å². The molecule has 0 aromatic carbocycles. The zero-order chi connectivity index (χ0) is 14.9. The van der Waals surface area contributed by atoms with Gasteiger partial charge in [0.15, 0.2) is 0 Å². The Kier molecular flexibility index (Phi) is 4.03. The van der Waals surface area contributed by atoms with Gasteiger partial charge in [-0.3, -0.25) is 4.90 Å². The second-order valence-corrected chi connectivity index (χ2v) is 7.48. The molecule has 2 aliphatic rings. The van der Waals surface area contributed by atoms with Crippen molar-refractivity contribution < 1.29 is 9.15 Å². The predicted molar refractivity (Wildman–Crippen MR) is 85.9 cm³/mol. The number of thiazole rings is 1. The fourth-order valence-corrected chi connectivity index (χ4v) is 4.64. The van der Waals surface area contributed by atoms with Gasteiger partial charge in [0.1, 0.15) is 0 Å². The Morgan fingerprint density at radius 3 is 3.18 bits per heavy atom. The molecule has 0 unspecified atom stereocenters. The number of aromatic nitrogens is 1. The van der Waals surface area contributed by atoms with Crippen molar-refractivity contribution in [1.29, 1.82) is 0 Å². The lowest BCUT2D eigenvalue weighted by Gasteiger charge is -2.35. The van der Waals surface area contributed by atoms with E-state index in [0.29, 0.717) is 17.9 Å². The third-order valence-electron chi connectivity index (χ3n) is 4.91. The van der Waals surface area contributed by atoms with Gasteiger partial charge in [0.05, 0.1) is 30.2 Å². The third kappa shape index (κ3) is 2.98. The van der Waals surface area contributed by atoms with Crippen molar-refractivity contribution in [2.24, 2.45) is 11.8 Å². The zero-order valence-corrected chi connectivity index (χ0v) is 13.7. The Morgan fingerprint density at radius 2 is 2.41 bits per heavy atom. The molecule has 4 rings (SSSR count). The monoisotopic (exact) mass is 318 g/mol. The minimum Gasteiger partial charge on any atom is -0.472 e. The maximum Gasteiger partial charge on any atom is 0.0954 e.